The maximum absolute atomic E-state index is 8.56. The summed E-state index contributed by atoms with van der Waals surface area (Å²) in [7, 11) is 2.56. The molecule has 0 aliphatic heterocycles. The second-order valence-electron chi connectivity index (χ2n) is 9.31. The lowest BCUT2D eigenvalue weighted by molar-refractivity contribution is -0.910. The lowest BCUT2D eigenvalue weighted by Gasteiger charge is -2.35. The Bertz CT molecular complexity index is 308. The molecule has 0 saturated heterocycles. The molecule has 0 rings (SSSR count). The highest BCUT2D eigenvalue weighted by Crippen LogP contribution is 2.16. The summed E-state index contributed by atoms with van der Waals surface area (Å²) in [5.41, 5.74) is 0. The summed E-state index contributed by atoms with van der Waals surface area (Å²) in [6.45, 7) is 11.2. The van der Waals surface area contributed by atoms with Crippen molar-refractivity contribution in [2.75, 3.05) is 26.7 Å². The molecule has 0 amide bonds. The molecule has 5 heteroatoms. The first-order valence-electron chi connectivity index (χ1n) is 13.0. The van der Waals surface area contributed by atoms with Crippen LogP contribution in [0.15, 0.2) is 0 Å². The van der Waals surface area contributed by atoms with E-state index in [-0.39, 0.29) is 0 Å². The molecule has 0 bridgehead atoms. The molecule has 4 nitrogen and oxygen atoms in total. The summed E-state index contributed by atoms with van der Waals surface area (Å²) in [4.78, 5) is 0. The van der Waals surface area contributed by atoms with E-state index in [0.717, 1.165) is 0 Å². The summed E-state index contributed by atoms with van der Waals surface area (Å²) in [6, 6.07) is 0. The lowest BCUT2D eigenvalue weighted by atomic mass is 10.1. The van der Waals surface area contributed by atoms with E-state index in [4.69, 9.17) is 13.3 Å². The minimum absolute atomic E-state index is 1.36. The molecule has 0 fully saturated rings. The second kappa shape index (κ2) is 25.3. The molecule has 0 spiro atoms. The van der Waals surface area contributed by atoms with Gasteiger partial charge < -0.3 is 13.6 Å². The Labute approximate surface area is 192 Å². The summed E-state index contributed by atoms with van der Waals surface area (Å²) in [5, 5.41) is 0. The van der Waals surface area contributed by atoms with Crippen LogP contribution >= 0.6 is 0 Å². The fraction of sp³-hybridized carbons (Fsp3) is 1.00. The average Bonchev–Trinajstić information content (AvgIpc) is 2.70. The highest BCUT2D eigenvalue weighted by atomic mass is 32.2. The van der Waals surface area contributed by atoms with E-state index >= 15 is 0 Å². The average molecular weight is 450 g/mol. The molecule has 0 saturated carbocycles. The first-order valence-corrected chi connectivity index (χ1v) is 14.1. The highest BCUT2D eigenvalue weighted by molar-refractivity contribution is 7.73. The van der Waals surface area contributed by atoms with Gasteiger partial charge in [-0.25, -0.2) is 4.21 Å². The van der Waals surface area contributed by atoms with Crippen LogP contribution in [0, 0.1) is 0 Å². The zero-order valence-corrected chi connectivity index (χ0v) is 21.8. The normalized spacial score (nSPS) is 12.5. The topological polar surface area (TPSA) is 60.4 Å². The van der Waals surface area contributed by atoms with Gasteiger partial charge in [0.25, 0.3) is 0 Å². The monoisotopic (exact) mass is 449 g/mol. The predicted molar refractivity (Wildman–Crippen MR) is 132 cm³/mol. The Morgan fingerprint density at radius 3 is 1.00 bits per heavy atom. The van der Waals surface area contributed by atoms with Crippen LogP contribution in [-0.4, -0.2) is 44.5 Å². The summed E-state index contributed by atoms with van der Waals surface area (Å²) >= 11 is -2.86. The first-order chi connectivity index (χ1) is 14.4. The van der Waals surface area contributed by atoms with Gasteiger partial charge in [-0.3, -0.25) is 0 Å². The Balaban J connectivity index is 0. The Morgan fingerprint density at radius 2 is 0.767 bits per heavy atom. The van der Waals surface area contributed by atoms with Crippen molar-refractivity contribution in [3.8, 4) is 0 Å². The van der Waals surface area contributed by atoms with E-state index in [2.05, 4.69) is 27.8 Å². The van der Waals surface area contributed by atoms with Gasteiger partial charge in [-0.2, -0.15) is 0 Å². The van der Waals surface area contributed by atoms with Gasteiger partial charge in [0.2, 0.25) is 0 Å². The van der Waals surface area contributed by atoms with Gasteiger partial charge in [-0.1, -0.05) is 97.8 Å². The zero-order valence-electron chi connectivity index (χ0n) is 21.0. The molecule has 0 aromatic heterocycles. The van der Waals surface area contributed by atoms with Crippen LogP contribution in [0.5, 0.6) is 0 Å². The third-order valence-corrected chi connectivity index (χ3v) is 6.15. The number of unbranched alkanes of at least 4 members (excludes halogenated alkanes) is 15. The summed E-state index contributed by atoms with van der Waals surface area (Å²) < 4.78 is 25.4. The molecule has 0 aromatic rings. The number of nitrogens with zero attached hydrogens (tertiary/aromatic N) is 1. The number of rotatable bonds is 21. The summed E-state index contributed by atoms with van der Waals surface area (Å²) in [5.74, 6) is 0. The second-order valence-corrected chi connectivity index (χ2v) is 9.74. The Morgan fingerprint density at radius 1 is 0.567 bits per heavy atom. The van der Waals surface area contributed by atoms with Gasteiger partial charge in [0.15, 0.2) is 0 Å². The van der Waals surface area contributed by atoms with Gasteiger partial charge in [-0.15, -0.1) is 0 Å². The summed E-state index contributed by atoms with van der Waals surface area (Å²) in [6.07, 6.45) is 25.9. The van der Waals surface area contributed by atoms with Gasteiger partial charge in [-0.05, 0) is 38.5 Å². The Hall–Kier alpha value is 0.0300. The van der Waals surface area contributed by atoms with Gasteiger partial charge in [0.1, 0.15) is 0 Å². The van der Waals surface area contributed by atoms with Crippen LogP contribution in [-0.2, 0) is 11.4 Å². The van der Waals surface area contributed by atoms with E-state index in [1.807, 2.05) is 0 Å². The third kappa shape index (κ3) is 28.0. The zero-order chi connectivity index (χ0) is 22.9. The Kier molecular flexibility index (Phi) is 27.2. The lowest BCUT2D eigenvalue weighted by Crippen LogP contribution is -2.46. The fourth-order valence-electron chi connectivity index (χ4n) is 4.16. The van der Waals surface area contributed by atoms with Gasteiger partial charge >= 0.3 is 0 Å². The van der Waals surface area contributed by atoms with Crippen molar-refractivity contribution in [2.24, 2.45) is 0 Å². The van der Waals surface area contributed by atoms with Crippen molar-refractivity contribution >= 4 is 11.4 Å². The van der Waals surface area contributed by atoms with E-state index in [0.29, 0.717) is 0 Å². The molecule has 0 aliphatic carbocycles. The molecule has 30 heavy (non-hydrogen) atoms. The fourth-order valence-corrected chi connectivity index (χ4v) is 4.16. The van der Waals surface area contributed by atoms with Crippen molar-refractivity contribution in [1.82, 2.24) is 0 Å². The minimum atomic E-state index is -2.86. The molecule has 184 valence electrons. The highest BCUT2D eigenvalue weighted by Gasteiger charge is 2.20. The quantitative estimate of drug-likeness (QED) is 0.110. The largest absolute Gasteiger partial charge is 0.750 e. The SMILES string of the molecule is CCCCCCCC[N+](C)(CCCCCCCC)CCCCCCCC.O=S([O-])O. The molecule has 1 N–H and O–H groups in total. The number of hydrogen-bond acceptors (Lipinski definition) is 2. The number of hydrogen-bond donors (Lipinski definition) is 1. The third-order valence-electron chi connectivity index (χ3n) is 6.15. The predicted octanol–water partition coefficient (Wildman–Crippen LogP) is 7.85. The van der Waals surface area contributed by atoms with Crippen molar-refractivity contribution < 1.29 is 17.8 Å². The van der Waals surface area contributed by atoms with Crippen LogP contribution in [0.25, 0.3) is 0 Å². The molecular weight excluding hydrogens is 394 g/mol. The molecule has 0 radical (unpaired) electrons. The van der Waals surface area contributed by atoms with Crippen LogP contribution in [0.4, 0.5) is 0 Å². The van der Waals surface area contributed by atoms with Gasteiger partial charge in [0, 0.05) is 0 Å². The molecule has 0 aromatic carbocycles. The maximum atomic E-state index is 8.56. The molecular formula is C25H55NO3S. The van der Waals surface area contributed by atoms with Crippen molar-refractivity contribution in [3.05, 3.63) is 0 Å². The smallest absolute Gasteiger partial charge is 0.0814 e. The van der Waals surface area contributed by atoms with Crippen LogP contribution in [0.1, 0.15) is 136 Å². The molecule has 1 atom stereocenters. The van der Waals surface area contributed by atoms with E-state index < -0.39 is 11.4 Å². The first kappa shape index (κ1) is 32.2. The minimum Gasteiger partial charge on any atom is -0.750 e. The van der Waals surface area contributed by atoms with Crippen molar-refractivity contribution in [2.45, 2.75) is 136 Å². The van der Waals surface area contributed by atoms with E-state index in [1.54, 1.807) is 0 Å². The molecule has 0 aliphatic rings. The molecule has 1 unspecified atom stereocenters. The van der Waals surface area contributed by atoms with Crippen molar-refractivity contribution in [1.29, 1.82) is 0 Å². The molecule has 0 heterocycles. The number of quaternary nitrogens is 1. The van der Waals surface area contributed by atoms with E-state index in [1.165, 1.54) is 140 Å². The van der Waals surface area contributed by atoms with Crippen LogP contribution < -0.4 is 0 Å². The van der Waals surface area contributed by atoms with Crippen LogP contribution in [0.2, 0.25) is 0 Å². The standard InChI is InChI=1S/C25H54N.H2O3S/c1-5-8-11-14-17-20-23-26(4,24-21-18-15-12-9-6-2)25-22-19-16-13-10-7-3;1-4(2)3/h5-25H2,1-4H3;(H2,1,2,3)/q+1;/p-1. The maximum Gasteiger partial charge on any atom is 0.0814 e. The van der Waals surface area contributed by atoms with Crippen molar-refractivity contribution in [3.63, 3.8) is 0 Å². The van der Waals surface area contributed by atoms with Crippen LogP contribution in [0.3, 0.4) is 0 Å². The van der Waals surface area contributed by atoms with E-state index in [9.17, 15) is 0 Å². The van der Waals surface area contributed by atoms with Gasteiger partial charge in [0.05, 0.1) is 38.0 Å².